The summed E-state index contributed by atoms with van der Waals surface area (Å²) in [6.45, 7) is 8.04. The van der Waals surface area contributed by atoms with Crippen LogP contribution in [0.5, 0.6) is 5.75 Å². The summed E-state index contributed by atoms with van der Waals surface area (Å²) in [6, 6.07) is 2.77. The molecule has 0 atom stereocenters. The Kier molecular flexibility index (Phi) is 8.10. The van der Waals surface area contributed by atoms with Crippen molar-refractivity contribution >= 4 is 12.1 Å². The topological polar surface area (TPSA) is 57.7 Å². The van der Waals surface area contributed by atoms with Crippen molar-refractivity contribution in [1.29, 1.82) is 0 Å². The minimum Gasteiger partial charge on any atom is -0.493 e. The van der Waals surface area contributed by atoms with Gasteiger partial charge in [-0.15, -0.1) is 0 Å². The van der Waals surface area contributed by atoms with Gasteiger partial charge in [-0.05, 0) is 64.6 Å². The molecule has 0 amide bonds. The van der Waals surface area contributed by atoms with Crippen molar-refractivity contribution in [2.75, 3.05) is 51.3 Å². The molecule has 3 heterocycles. The monoisotopic (exact) mass is 388 g/mol. The van der Waals surface area contributed by atoms with E-state index in [1.807, 2.05) is 12.3 Å². The normalized spacial score (nSPS) is 24.7. The van der Waals surface area contributed by atoms with Crippen molar-refractivity contribution in [2.45, 2.75) is 51.5 Å². The first-order chi connectivity index (χ1) is 13.7. The van der Waals surface area contributed by atoms with E-state index in [2.05, 4.69) is 27.1 Å². The molecule has 2 aliphatic heterocycles. The van der Waals surface area contributed by atoms with Gasteiger partial charge in [0.2, 0.25) is 0 Å². The summed E-state index contributed by atoms with van der Waals surface area (Å²) in [5.41, 5.74) is 1.32. The van der Waals surface area contributed by atoms with Gasteiger partial charge in [-0.2, -0.15) is 0 Å². The fraction of sp³-hybridized carbons (Fsp3) is 0.727. The zero-order chi connectivity index (χ0) is 19.8. The molecule has 6 nitrogen and oxygen atoms in total. The average molecular weight is 389 g/mol. The van der Waals surface area contributed by atoms with Gasteiger partial charge < -0.3 is 19.7 Å². The van der Waals surface area contributed by atoms with E-state index < -0.39 is 0 Å². The summed E-state index contributed by atoms with van der Waals surface area (Å²) in [5.74, 6) is 3.16. The SMILES string of the molecule is CC=O.CNC1CCC(CCN2CCN(c3nccc4c3CCO4)CC2)CC1. The number of nitrogens with one attached hydrogen (secondary N) is 1. The number of fused-ring (bicyclic) bond motifs is 1. The highest BCUT2D eigenvalue weighted by Crippen LogP contribution is 2.32. The van der Waals surface area contributed by atoms with Gasteiger partial charge in [0.1, 0.15) is 17.9 Å². The molecule has 2 fully saturated rings. The minimum atomic E-state index is 0.750. The van der Waals surface area contributed by atoms with Crippen molar-refractivity contribution < 1.29 is 9.53 Å². The Morgan fingerprint density at radius 2 is 1.93 bits per heavy atom. The first-order valence-electron chi connectivity index (χ1n) is 10.9. The molecule has 3 aliphatic rings. The first-order valence-corrected chi connectivity index (χ1v) is 10.9. The lowest BCUT2D eigenvalue weighted by Crippen LogP contribution is -2.47. The number of rotatable bonds is 5. The lowest BCUT2D eigenvalue weighted by atomic mass is 9.84. The first kappa shape index (κ1) is 21.1. The fourth-order valence-electron chi connectivity index (χ4n) is 4.66. The van der Waals surface area contributed by atoms with Gasteiger partial charge in [0.15, 0.2) is 0 Å². The maximum Gasteiger partial charge on any atom is 0.135 e. The Bertz CT molecular complexity index is 609. The highest BCUT2D eigenvalue weighted by Gasteiger charge is 2.25. The molecule has 1 aromatic rings. The standard InChI is InChI=1S/C20H32N4O.C2H4O/c1-21-17-4-2-16(3-5-17)7-10-23-11-13-24(14-12-23)20-18-8-15-25-19(18)6-9-22-20;1-2-3/h6,9,16-17,21H,2-5,7-8,10-15H2,1H3;2H,1H3. The number of aldehydes is 1. The zero-order valence-corrected chi connectivity index (χ0v) is 17.5. The Labute approximate surface area is 169 Å². The molecule has 1 saturated carbocycles. The molecule has 1 saturated heterocycles. The molecular formula is C22H36N4O2. The van der Waals surface area contributed by atoms with Gasteiger partial charge in [-0.25, -0.2) is 4.98 Å². The van der Waals surface area contributed by atoms with Crippen molar-refractivity contribution in [1.82, 2.24) is 15.2 Å². The van der Waals surface area contributed by atoms with Crippen LogP contribution in [0.3, 0.4) is 0 Å². The Balaban J connectivity index is 0.000000706. The molecule has 1 N–H and O–H groups in total. The second kappa shape index (κ2) is 10.8. The van der Waals surface area contributed by atoms with E-state index >= 15 is 0 Å². The van der Waals surface area contributed by atoms with E-state index in [0.717, 1.165) is 63.2 Å². The molecule has 156 valence electrons. The molecule has 0 unspecified atom stereocenters. The number of aromatic nitrogens is 1. The van der Waals surface area contributed by atoms with Crippen LogP contribution in [0.4, 0.5) is 5.82 Å². The summed E-state index contributed by atoms with van der Waals surface area (Å²) in [7, 11) is 2.10. The number of nitrogens with zero attached hydrogens (tertiary/aromatic N) is 3. The molecular weight excluding hydrogens is 352 g/mol. The molecule has 6 heteroatoms. The molecule has 0 radical (unpaired) electrons. The van der Waals surface area contributed by atoms with Crippen LogP contribution in [0.25, 0.3) is 0 Å². The van der Waals surface area contributed by atoms with E-state index in [9.17, 15) is 0 Å². The van der Waals surface area contributed by atoms with Crippen LogP contribution in [0.1, 0.15) is 44.6 Å². The second-order valence-corrected chi connectivity index (χ2v) is 8.07. The summed E-state index contributed by atoms with van der Waals surface area (Å²) >= 11 is 0. The zero-order valence-electron chi connectivity index (χ0n) is 17.5. The third-order valence-electron chi connectivity index (χ3n) is 6.38. The van der Waals surface area contributed by atoms with Gasteiger partial charge >= 0.3 is 0 Å². The quantitative estimate of drug-likeness (QED) is 0.782. The number of hydrogen-bond acceptors (Lipinski definition) is 6. The number of piperazine rings is 1. The third kappa shape index (κ3) is 5.45. The number of ether oxygens (including phenoxy) is 1. The maximum atomic E-state index is 8.81. The van der Waals surface area contributed by atoms with Crippen LogP contribution in [-0.2, 0) is 11.2 Å². The number of anilines is 1. The molecule has 4 rings (SSSR count). The van der Waals surface area contributed by atoms with Gasteiger partial charge in [0, 0.05) is 50.4 Å². The summed E-state index contributed by atoms with van der Waals surface area (Å²) in [6.07, 6.45) is 10.6. The fourth-order valence-corrected chi connectivity index (χ4v) is 4.66. The second-order valence-electron chi connectivity index (χ2n) is 8.07. The number of carbonyl (C=O) groups excluding carboxylic acids is 1. The van der Waals surface area contributed by atoms with E-state index in [1.54, 1.807) is 0 Å². The van der Waals surface area contributed by atoms with Crippen LogP contribution in [0, 0.1) is 5.92 Å². The average Bonchev–Trinajstić information content (AvgIpc) is 3.23. The smallest absolute Gasteiger partial charge is 0.135 e. The van der Waals surface area contributed by atoms with Gasteiger partial charge in [-0.3, -0.25) is 4.90 Å². The third-order valence-corrected chi connectivity index (χ3v) is 6.38. The summed E-state index contributed by atoms with van der Waals surface area (Å²) in [4.78, 5) is 18.6. The van der Waals surface area contributed by atoms with Crippen molar-refractivity contribution in [3.05, 3.63) is 17.8 Å². The Morgan fingerprint density at radius 3 is 2.61 bits per heavy atom. The van der Waals surface area contributed by atoms with E-state index in [0.29, 0.717) is 0 Å². The predicted octanol–water partition coefficient (Wildman–Crippen LogP) is 2.51. The number of hydrogen-bond donors (Lipinski definition) is 1. The maximum absolute atomic E-state index is 8.81. The molecule has 1 aliphatic carbocycles. The van der Waals surface area contributed by atoms with E-state index in [1.165, 1.54) is 57.0 Å². The number of pyridine rings is 1. The van der Waals surface area contributed by atoms with Crippen LogP contribution in [-0.4, -0.2) is 68.6 Å². The van der Waals surface area contributed by atoms with Crippen LogP contribution in [0.2, 0.25) is 0 Å². The van der Waals surface area contributed by atoms with Crippen LogP contribution >= 0.6 is 0 Å². The van der Waals surface area contributed by atoms with E-state index in [-0.39, 0.29) is 0 Å². The summed E-state index contributed by atoms with van der Waals surface area (Å²) < 4.78 is 5.69. The van der Waals surface area contributed by atoms with Crippen molar-refractivity contribution in [3.63, 3.8) is 0 Å². The molecule has 0 bridgehead atoms. The molecule has 1 aromatic heterocycles. The van der Waals surface area contributed by atoms with Crippen molar-refractivity contribution in [2.24, 2.45) is 5.92 Å². The van der Waals surface area contributed by atoms with E-state index in [4.69, 9.17) is 9.53 Å². The molecule has 28 heavy (non-hydrogen) atoms. The van der Waals surface area contributed by atoms with Gasteiger partial charge in [0.25, 0.3) is 0 Å². The number of carbonyl (C=O) groups is 1. The molecule has 0 spiro atoms. The van der Waals surface area contributed by atoms with Crippen LogP contribution in [0.15, 0.2) is 12.3 Å². The van der Waals surface area contributed by atoms with Crippen molar-refractivity contribution in [3.8, 4) is 5.75 Å². The van der Waals surface area contributed by atoms with Gasteiger partial charge in [0.05, 0.1) is 6.61 Å². The lowest BCUT2D eigenvalue weighted by molar-refractivity contribution is -0.106. The summed E-state index contributed by atoms with van der Waals surface area (Å²) in [5, 5.41) is 3.44. The Morgan fingerprint density at radius 1 is 1.21 bits per heavy atom. The lowest BCUT2D eigenvalue weighted by Gasteiger charge is -2.37. The largest absolute Gasteiger partial charge is 0.493 e. The van der Waals surface area contributed by atoms with Crippen LogP contribution < -0.4 is 15.0 Å². The predicted molar refractivity (Wildman–Crippen MR) is 113 cm³/mol. The highest BCUT2D eigenvalue weighted by atomic mass is 16.5. The Hall–Kier alpha value is -1.66. The molecule has 0 aromatic carbocycles. The van der Waals surface area contributed by atoms with Gasteiger partial charge in [-0.1, -0.05) is 0 Å². The minimum absolute atomic E-state index is 0.750. The highest BCUT2D eigenvalue weighted by molar-refractivity contribution is 5.55.